The third kappa shape index (κ3) is 2.42. The molecule has 0 heterocycles. The first kappa shape index (κ1) is 8.94. The lowest BCUT2D eigenvalue weighted by atomic mass is 9.92. The van der Waals surface area contributed by atoms with Gasteiger partial charge < -0.3 is 10.0 Å². The highest BCUT2D eigenvalue weighted by Crippen LogP contribution is 2.23. The van der Waals surface area contributed by atoms with Gasteiger partial charge in [-0.05, 0) is 19.9 Å². The molecule has 1 unspecified atom stereocenters. The predicted molar refractivity (Wildman–Crippen MR) is 42.3 cm³/mol. The molecular weight excluding hydrogens is 145 g/mol. The second-order valence-corrected chi connectivity index (χ2v) is 3.33. The summed E-state index contributed by atoms with van der Waals surface area (Å²) in [5.74, 6) is 0. The quantitative estimate of drug-likeness (QED) is 0.659. The van der Waals surface area contributed by atoms with Gasteiger partial charge in [-0.2, -0.15) is 0 Å². The highest BCUT2D eigenvalue weighted by atomic mass is 19.1. The van der Waals surface area contributed by atoms with Crippen LogP contribution in [0.4, 0.5) is 4.39 Å². The van der Waals surface area contributed by atoms with Gasteiger partial charge in [-0.3, -0.25) is 0 Å². The van der Waals surface area contributed by atoms with Crippen LogP contribution in [0.2, 0.25) is 0 Å². The zero-order valence-corrected chi connectivity index (χ0v) is 6.96. The van der Waals surface area contributed by atoms with Gasteiger partial charge in [0, 0.05) is 12.6 Å². The summed E-state index contributed by atoms with van der Waals surface area (Å²) in [5, 5.41) is 8.98. The van der Waals surface area contributed by atoms with E-state index in [1.165, 1.54) is 19.3 Å². The summed E-state index contributed by atoms with van der Waals surface area (Å²) in [7, 11) is 1.95. The number of halogens is 1. The van der Waals surface area contributed by atoms with Gasteiger partial charge in [0.25, 0.3) is 0 Å². The van der Waals surface area contributed by atoms with E-state index in [4.69, 9.17) is 5.11 Å². The molecule has 0 aromatic rings. The zero-order valence-electron chi connectivity index (χ0n) is 6.96. The number of hydrogen-bond donors (Lipinski definition) is 1. The maximum absolute atomic E-state index is 11.9. The van der Waals surface area contributed by atoms with Gasteiger partial charge in [0.1, 0.15) is 6.67 Å². The highest BCUT2D eigenvalue weighted by molar-refractivity contribution is 4.78. The molecule has 0 bridgehead atoms. The summed E-state index contributed by atoms with van der Waals surface area (Å²) in [6.45, 7) is -0.155. The van der Waals surface area contributed by atoms with Crippen molar-refractivity contribution in [2.45, 2.75) is 31.4 Å². The molecule has 1 aliphatic rings. The van der Waals surface area contributed by atoms with Crippen LogP contribution in [0.15, 0.2) is 0 Å². The molecule has 1 fully saturated rings. The van der Waals surface area contributed by atoms with E-state index in [9.17, 15) is 4.39 Å². The van der Waals surface area contributed by atoms with Gasteiger partial charge in [-0.15, -0.1) is 0 Å². The fourth-order valence-corrected chi connectivity index (χ4v) is 1.36. The van der Waals surface area contributed by atoms with Crippen LogP contribution in [0.5, 0.6) is 0 Å². The Bertz CT molecular complexity index is 117. The molecular formula is C8H16FNO. The molecule has 1 atom stereocenters. The first-order valence-electron chi connectivity index (χ1n) is 4.18. The first-order chi connectivity index (χ1) is 5.24. The van der Waals surface area contributed by atoms with Crippen LogP contribution in [0, 0.1) is 0 Å². The lowest BCUT2D eigenvalue weighted by molar-refractivity contribution is 0.0628. The molecule has 0 amide bonds. The van der Waals surface area contributed by atoms with Crippen molar-refractivity contribution in [3.05, 3.63) is 0 Å². The number of nitrogens with zero attached hydrogens (tertiary/aromatic N) is 1. The minimum atomic E-state index is -0.791. The smallest absolute Gasteiger partial charge is 0.117 e. The Balaban J connectivity index is 2.13. The van der Waals surface area contributed by atoms with E-state index in [1.807, 2.05) is 11.9 Å². The summed E-state index contributed by atoms with van der Waals surface area (Å²) < 4.78 is 11.9. The van der Waals surface area contributed by atoms with Gasteiger partial charge in [-0.25, -0.2) is 4.39 Å². The number of rotatable bonds is 4. The fraction of sp³-hybridized carbons (Fsp3) is 1.00. The molecule has 11 heavy (non-hydrogen) atoms. The van der Waals surface area contributed by atoms with E-state index in [1.54, 1.807) is 0 Å². The molecule has 2 nitrogen and oxygen atoms in total. The Kier molecular flexibility index (Phi) is 3.27. The van der Waals surface area contributed by atoms with Crippen LogP contribution in [0.3, 0.4) is 0 Å². The second kappa shape index (κ2) is 4.02. The average molecular weight is 161 g/mol. The maximum atomic E-state index is 11.9. The minimum Gasteiger partial charge on any atom is -0.389 e. The van der Waals surface area contributed by atoms with E-state index in [2.05, 4.69) is 0 Å². The van der Waals surface area contributed by atoms with Crippen molar-refractivity contribution in [3.8, 4) is 0 Å². The number of aliphatic hydroxyl groups is 1. The first-order valence-corrected chi connectivity index (χ1v) is 4.18. The molecule has 1 aliphatic carbocycles. The summed E-state index contributed by atoms with van der Waals surface area (Å²) >= 11 is 0. The standard InChI is InChI=1S/C8H16FNO/c1-10(6-8(11)5-9)7-3-2-4-7/h7-8,11H,2-6H2,1H3. The van der Waals surface area contributed by atoms with Gasteiger partial charge >= 0.3 is 0 Å². The SMILES string of the molecule is CN(CC(O)CF)C1CCC1. The Hall–Kier alpha value is -0.150. The lowest BCUT2D eigenvalue weighted by Gasteiger charge is -2.35. The minimum absolute atomic E-state index is 0.473. The van der Waals surface area contributed by atoms with Crippen molar-refractivity contribution in [1.82, 2.24) is 4.90 Å². The monoisotopic (exact) mass is 161 g/mol. The van der Waals surface area contributed by atoms with E-state index in [-0.39, 0.29) is 0 Å². The van der Waals surface area contributed by atoms with Crippen molar-refractivity contribution in [3.63, 3.8) is 0 Å². The Morgan fingerprint density at radius 1 is 1.64 bits per heavy atom. The largest absolute Gasteiger partial charge is 0.389 e. The van der Waals surface area contributed by atoms with Crippen LogP contribution >= 0.6 is 0 Å². The van der Waals surface area contributed by atoms with Crippen LogP contribution in [0.1, 0.15) is 19.3 Å². The Morgan fingerprint density at radius 2 is 2.27 bits per heavy atom. The molecule has 1 rings (SSSR count). The molecule has 3 heteroatoms. The van der Waals surface area contributed by atoms with Crippen LogP contribution in [-0.2, 0) is 0 Å². The van der Waals surface area contributed by atoms with Crippen molar-refractivity contribution < 1.29 is 9.50 Å². The van der Waals surface area contributed by atoms with Gasteiger partial charge in [0.15, 0.2) is 0 Å². The maximum Gasteiger partial charge on any atom is 0.117 e. The van der Waals surface area contributed by atoms with Crippen molar-refractivity contribution >= 4 is 0 Å². The summed E-state index contributed by atoms with van der Waals surface area (Å²) in [6.07, 6.45) is 2.90. The molecule has 1 N–H and O–H groups in total. The molecule has 0 aliphatic heterocycles. The van der Waals surface area contributed by atoms with E-state index < -0.39 is 12.8 Å². The second-order valence-electron chi connectivity index (χ2n) is 3.33. The van der Waals surface area contributed by atoms with E-state index in [0.29, 0.717) is 12.6 Å². The van der Waals surface area contributed by atoms with Gasteiger partial charge in [-0.1, -0.05) is 6.42 Å². The van der Waals surface area contributed by atoms with Crippen molar-refractivity contribution in [2.24, 2.45) is 0 Å². The average Bonchev–Trinajstić information content (AvgIpc) is 1.83. The molecule has 0 radical (unpaired) electrons. The Morgan fingerprint density at radius 3 is 2.64 bits per heavy atom. The highest BCUT2D eigenvalue weighted by Gasteiger charge is 2.23. The summed E-state index contributed by atoms with van der Waals surface area (Å²) in [6, 6.07) is 0.594. The van der Waals surface area contributed by atoms with E-state index >= 15 is 0 Å². The summed E-state index contributed by atoms with van der Waals surface area (Å²) in [5.41, 5.74) is 0. The molecule has 0 saturated heterocycles. The third-order valence-corrected chi connectivity index (χ3v) is 2.37. The number of hydrogen-bond acceptors (Lipinski definition) is 2. The predicted octanol–water partition coefficient (Wildman–Crippen LogP) is 0.801. The molecule has 66 valence electrons. The zero-order chi connectivity index (χ0) is 8.27. The van der Waals surface area contributed by atoms with Crippen LogP contribution in [0.25, 0.3) is 0 Å². The molecule has 1 saturated carbocycles. The number of likely N-dealkylation sites (N-methyl/N-ethyl adjacent to an activating group) is 1. The van der Waals surface area contributed by atoms with Crippen LogP contribution < -0.4 is 0 Å². The molecule has 0 aromatic carbocycles. The number of aliphatic hydroxyl groups excluding tert-OH is 1. The van der Waals surface area contributed by atoms with Crippen molar-refractivity contribution in [1.29, 1.82) is 0 Å². The fourth-order valence-electron chi connectivity index (χ4n) is 1.36. The summed E-state index contributed by atoms with van der Waals surface area (Å²) in [4.78, 5) is 2.05. The third-order valence-electron chi connectivity index (χ3n) is 2.37. The van der Waals surface area contributed by atoms with Gasteiger partial charge in [0.05, 0.1) is 6.10 Å². The van der Waals surface area contributed by atoms with Crippen LogP contribution in [-0.4, -0.2) is 42.4 Å². The van der Waals surface area contributed by atoms with Crippen molar-refractivity contribution in [2.75, 3.05) is 20.3 Å². The van der Waals surface area contributed by atoms with E-state index in [0.717, 1.165) is 0 Å². The molecule has 0 aromatic heterocycles. The lowest BCUT2D eigenvalue weighted by Crippen LogP contribution is -2.41. The number of alkyl halides is 1. The Labute approximate surface area is 67.0 Å². The topological polar surface area (TPSA) is 23.5 Å². The molecule has 0 spiro atoms. The normalized spacial score (nSPS) is 21.8. The van der Waals surface area contributed by atoms with Gasteiger partial charge in [0.2, 0.25) is 0 Å².